The van der Waals surface area contributed by atoms with Crippen LogP contribution in [0, 0.1) is 0 Å². The Bertz CT molecular complexity index is 825. The summed E-state index contributed by atoms with van der Waals surface area (Å²) < 4.78 is 5.89. The molecule has 1 aliphatic heterocycles. The van der Waals surface area contributed by atoms with Gasteiger partial charge in [-0.3, -0.25) is 14.5 Å². The number of hydrogen-bond donors (Lipinski definition) is 1. The Hall–Kier alpha value is -2.86. The third-order valence-corrected chi connectivity index (χ3v) is 5.38. The predicted octanol–water partition coefficient (Wildman–Crippen LogP) is 3.13. The number of carboxylic acid groups (broad SMARTS) is 1. The number of ether oxygens (including phenoxy) is 1. The standard InChI is InChI=1S/C23H28N2O4/c1-24(16-23(27)28)19-10-7-14-25(15-13-19)22(26)17-29-21-12-6-5-11-20(21)18-8-3-2-4-9-18/h2-6,8-9,11-12,19H,7,10,13-17H2,1H3,(H,27,28). The average Bonchev–Trinajstić information content (AvgIpc) is 2.99. The van der Waals surface area contributed by atoms with Gasteiger partial charge in [-0.25, -0.2) is 0 Å². The molecule has 2 aromatic carbocycles. The zero-order valence-electron chi connectivity index (χ0n) is 16.8. The van der Waals surface area contributed by atoms with Crippen LogP contribution in [-0.2, 0) is 9.59 Å². The van der Waals surface area contributed by atoms with E-state index >= 15 is 0 Å². The smallest absolute Gasteiger partial charge is 0.317 e. The fraction of sp³-hybridized carbons (Fsp3) is 0.391. The van der Waals surface area contributed by atoms with Crippen LogP contribution in [0.1, 0.15) is 19.3 Å². The number of nitrogens with zero attached hydrogens (tertiary/aromatic N) is 2. The minimum absolute atomic E-state index is 0.000517. The van der Waals surface area contributed by atoms with Crippen molar-refractivity contribution in [3.63, 3.8) is 0 Å². The Balaban J connectivity index is 1.57. The van der Waals surface area contributed by atoms with E-state index in [9.17, 15) is 9.59 Å². The van der Waals surface area contributed by atoms with E-state index in [2.05, 4.69) is 0 Å². The number of carbonyl (C=O) groups excluding carboxylic acids is 1. The van der Waals surface area contributed by atoms with Crippen LogP contribution in [0.5, 0.6) is 5.75 Å². The fourth-order valence-corrected chi connectivity index (χ4v) is 3.79. The maximum Gasteiger partial charge on any atom is 0.317 e. The first kappa shape index (κ1) is 20.9. The molecule has 0 saturated carbocycles. The van der Waals surface area contributed by atoms with Gasteiger partial charge in [0.05, 0.1) is 6.54 Å². The van der Waals surface area contributed by atoms with Crippen LogP contribution in [0.4, 0.5) is 0 Å². The molecule has 1 aliphatic rings. The lowest BCUT2D eigenvalue weighted by atomic mass is 10.1. The molecule has 0 aromatic heterocycles. The number of aliphatic carboxylic acids is 1. The number of likely N-dealkylation sites (tertiary alicyclic amines) is 1. The van der Waals surface area contributed by atoms with Gasteiger partial charge in [0.15, 0.2) is 6.61 Å². The van der Waals surface area contributed by atoms with Gasteiger partial charge in [-0.1, -0.05) is 48.5 Å². The van der Waals surface area contributed by atoms with Crippen molar-refractivity contribution in [2.75, 3.05) is 33.3 Å². The van der Waals surface area contributed by atoms with Crippen LogP contribution in [0.3, 0.4) is 0 Å². The highest BCUT2D eigenvalue weighted by molar-refractivity contribution is 5.78. The van der Waals surface area contributed by atoms with E-state index in [1.54, 1.807) is 0 Å². The van der Waals surface area contributed by atoms with Crippen LogP contribution in [0.2, 0.25) is 0 Å². The molecule has 6 nitrogen and oxygen atoms in total. The summed E-state index contributed by atoms with van der Waals surface area (Å²) in [7, 11) is 1.83. The first-order chi connectivity index (χ1) is 14.0. The van der Waals surface area contributed by atoms with Gasteiger partial charge in [-0.2, -0.15) is 0 Å². The number of carbonyl (C=O) groups is 2. The summed E-state index contributed by atoms with van der Waals surface area (Å²) in [6, 6.07) is 17.9. The third-order valence-electron chi connectivity index (χ3n) is 5.38. The molecule has 0 radical (unpaired) electrons. The summed E-state index contributed by atoms with van der Waals surface area (Å²) in [6.45, 7) is 1.33. The molecule has 0 bridgehead atoms. The van der Waals surface area contributed by atoms with Gasteiger partial charge >= 0.3 is 5.97 Å². The monoisotopic (exact) mass is 396 g/mol. The lowest BCUT2D eigenvalue weighted by Gasteiger charge is -2.25. The van der Waals surface area contributed by atoms with Gasteiger partial charge in [-0.05, 0) is 37.9 Å². The van der Waals surface area contributed by atoms with Gasteiger partial charge < -0.3 is 14.7 Å². The van der Waals surface area contributed by atoms with Crippen molar-refractivity contribution in [3.05, 3.63) is 54.6 Å². The minimum Gasteiger partial charge on any atom is -0.483 e. The van der Waals surface area contributed by atoms with Crippen molar-refractivity contribution in [1.29, 1.82) is 0 Å². The highest BCUT2D eigenvalue weighted by Crippen LogP contribution is 2.29. The molecule has 2 aromatic rings. The summed E-state index contributed by atoms with van der Waals surface area (Å²) in [5.41, 5.74) is 2.02. The highest BCUT2D eigenvalue weighted by Gasteiger charge is 2.24. The number of carboxylic acids is 1. The summed E-state index contributed by atoms with van der Waals surface area (Å²) in [5.74, 6) is -0.162. The number of rotatable bonds is 7. The van der Waals surface area contributed by atoms with Crippen molar-refractivity contribution in [1.82, 2.24) is 9.80 Å². The second-order valence-electron chi connectivity index (χ2n) is 7.43. The topological polar surface area (TPSA) is 70.1 Å². The third kappa shape index (κ3) is 5.81. The Labute approximate surface area is 171 Å². The van der Waals surface area contributed by atoms with E-state index in [-0.39, 0.29) is 25.1 Å². The van der Waals surface area contributed by atoms with E-state index in [0.29, 0.717) is 18.8 Å². The van der Waals surface area contributed by atoms with Crippen molar-refractivity contribution < 1.29 is 19.4 Å². The van der Waals surface area contributed by atoms with Crippen LogP contribution >= 0.6 is 0 Å². The van der Waals surface area contributed by atoms with Crippen LogP contribution in [0.15, 0.2) is 54.6 Å². The molecular formula is C23H28N2O4. The molecule has 1 heterocycles. The first-order valence-corrected chi connectivity index (χ1v) is 10.0. The predicted molar refractivity (Wildman–Crippen MR) is 112 cm³/mol. The Morgan fingerprint density at radius 3 is 2.55 bits per heavy atom. The van der Waals surface area contributed by atoms with Crippen LogP contribution in [0.25, 0.3) is 11.1 Å². The molecule has 1 N–H and O–H groups in total. The summed E-state index contributed by atoms with van der Waals surface area (Å²) in [5, 5.41) is 8.99. The second kappa shape index (κ2) is 10.1. The van der Waals surface area contributed by atoms with Crippen molar-refractivity contribution in [2.24, 2.45) is 0 Å². The maximum atomic E-state index is 12.7. The minimum atomic E-state index is -0.824. The van der Waals surface area contributed by atoms with Crippen LogP contribution < -0.4 is 4.74 Å². The van der Waals surface area contributed by atoms with Crippen LogP contribution in [-0.4, -0.2) is 66.1 Å². The van der Waals surface area contributed by atoms with Gasteiger partial charge in [0.2, 0.25) is 0 Å². The molecule has 6 heteroatoms. The molecule has 0 spiro atoms. The molecular weight excluding hydrogens is 368 g/mol. The van der Waals surface area contributed by atoms with Gasteiger partial charge in [-0.15, -0.1) is 0 Å². The van der Waals surface area contributed by atoms with Crippen molar-refractivity contribution in [3.8, 4) is 16.9 Å². The van der Waals surface area contributed by atoms with Crippen molar-refractivity contribution >= 4 is 11.9 Å². The van der Waals surface area contributed by atoms with E-state index in [4.69, 9.17) is 9.84 Å². The van der Waals surface area contributed by atoms with E-state index in [0.717, 1.165) is 30.4 Å². The number of amides is 1. The lowest BCUT2D eigenvalue weighted by Crippen LogP contribution is -2.38. The van der Waals surface area contributed by atoms with Gasteiger partial charge in [0.1, 0.15) is 5.75 Å². The largest absolute Gasteiger partial charge is 0.483 e. The number of likely N-dealkylation sites (N-methyl/N-ethyl adjacent to an activating group) is 1. The number of hydrogen-bond acceptors (Lipinski definition) is 4. The SMILES string of the molecule is CN(CC(=O)O)C1CCCN(C(=O)COc2ccccc2-c2ccccc2)CC1. The first-order valence-electron chi connectivity index (χ1n) is 10.0. The Morgan fingerprint density at radius 1 is 1.07 bits per heavy atom. The average molecular weight is 396 g/mol. The Kier molecular flexibility index (Phi) is 7.25. The van der Waals surface area contributed by atoms with E-state index in [1.165, 1.54) is 0 Å². The summed E-state index contributed by atoms with van der Waals surface area (Å²) in [6.07, 6.45) is 2.53. The van der Waals surface area contributed by atoms with Gasteiger partial charge in [0.25, 0.3) is 5.91 Å². The number of para-hydroxylation sites is 1. The quantitative estimate of drug-likeness (QED) is 0.779. The van der Waals surface area contributed by atoms with Crippen molar-refractivity contribution in [2.45, 2.75) is 25.3 Å². The number of benzene rings is 2. The molecule has 1 unspecified atom stereocenters. The molecule has 3 rings (SSSR count). The molecule has 29 heavy (non-hydrogen) atoms. The molecule has 1 atom stereocenters. The zero-order chi connectivity index (χ0) is 20.6. The summed E-state index contributed by atoms with van der Waals surface area (Å²) in [4.78, 5) is 27.4. The summed E-state index contributed by atoms with van der Waals surface area (Å²) >= 11 is 0. The zero-order valence-corrected chi connectivity index (χ0v) is 16.8. The van der Waals surface area contributed by atoms with E-state index in [1.807, 2.05) is 71.4 Å². The fourth-order valence-electron chi connectivity index (χ4n) is 3.79. The molecule has 1 amide bonds. The normalized spacial score (nSPS) is 17.0. The molecule has 154 valence electrons. The highest BCUT2D eigenvalue weighted by atomic mass is 16.5. The second-order valence-corrected chi connectivity index (χ2v) is 7.43. The maximum absolute atomic E-state index is 12.7. The van der Waals surface area contributed by atoms with E-state index < -0.39 is 5.97 Å². The molecule has 1 fully saturated rings. The molecule has 0 aliphatic carbocycles. The molecule has 1 saturated heterocycles. The lowest BCUT2D eigenvalue weighted by molar-refractivity contribution is -0.138. The van der Waals surface area contributed by atoms with Gasteiger partial charge in [0, 0.05) is 24.7 Å². The Morgan fingerprint density at radius 2 is 1.79 bits per heavy atom.